The summed E-state index contributed by atoms with van der Waals surface area (Å²) >= 11 is 0. The number of nitrogens with zero attached hydrogens (tertiary/aromatic N) is 3. The van der Waals surface area contributed by atoms with Gasteiger partial charge >= 0.3 is 6.09 Å². The maximum absolute atomic E-state index is 12.9. The second-order valence-corrected chi connectivity index (χ2v) is 8.92. The van der Waals surface area contributed by atoms with Crippen LogP contribution in [-0.2, 0) is 30.5 Å². The Morgan fingerprint density at radius 3 is 2.54 bits per heavy atom. The van der Waals surface area contributed by atoms with Crippen molar-refractivity contribution in [3.05, 3.63) is 30.1 Å². The molecule has 3 atom stereocenters. The summed E-state index contributed by atoms with van der Waals surface area (Å²) < 4.78 is 5.36. The number of rotatable bonds is 8. The predicted octanol–water partition coefficient (Wildman–Crippen LogP) is 0.774. The van der Waals surface area contributed by atoms with Gasteiger partial charge in [-0.3, -0.25) is 29.1 Å². The van der Waals surface area contributed by atoms with Crippen LogP contribution in [0.3, 0.4) is 0 Å². The van der Waals surface area contributed by atoms with E-state index in [1.807, 2.05) is 0 Å². The zero-order valence-electron chi connectivity index (χ0n) is 20.2. The van der Waals surface area contributed by atoms with Crippen LogP contribution in [0.25, 0.3) is 0 Å². The zero-order chi connectivity index (χ0) is 25.4. The van der Waals surface area contributed by atoms with Crippen LogP contribution in [0.5, 0.6) is 0 Å². The van der Waals surface area contributed by atoms with Gasteiger partial charge in [0, 0.05) is 31.0 Å². The fraction of sp³-hybridized carbons (Fsp3) is 0.583. The van der Waals surface area contributed by atoms with Crippen molar-refractivity contribution >= 4 is 29.6 Å². The highest BCUT2D eigenvalue weighted by Crippen LogP contribution is 2.19. The number of hydrogen-bond donors (Lipinski definition) is 2. The minimum atomic E-state index is -0.910. The van der Waals surface area contributed by atoms with Crippen LogP contribution >= 0.6 is 0 Å². The molecule has 1 unspecified atom stereocenters. The van der Waals surface area contributed by atoms with Crippen molar-refractivity contribution < 1.29 is 28.7 Å². The topological polar surface area (TPSA) is 138 Å². The Balaban J connectivity index is 1.49. The monoisotopic (exact) mass is 487 g/mol. The number of ether oxygens (including phenoxy) is 1. The third kappa shape index (κ3) is 7.00. The van der Waals surface area contributed by atoms with Gasteiger partial charge in [-0.2, -0.15) is 0 Å². The number of carbonyl (C=O) groups is 5. The van der Waals surface area contributed by atoms with Crippen LogP contribution in [0.15, 0.2) is 24.5 Å². The molecule has 3 heterocycles. The second-order valence-electron chi connectivity index (χ2n) is 8.92. The van der Waals surface area contributed by atoms with Gasteiger partial charge in [-0.15, -0.1) is 0 Å². The fourth-order valence-electron chi connectivity index (χ4n) is 4.41. The lowest BCUT2D eigenvalue weighted by Gasteiger charge is -2.34. The molecule has 2 N–H and O–H groups in total. The zero-order valence-corrected chi connectivity index (χ0v) is 20.2. The summed E-state index contributed by atoms with van der Waals surface area (Å²) in [5, 5.41) is 5.17. The van der Waals surface area contributed by atoms with Gasteiger partial charge in [-0.25, -0.2) is 4.79 Å². The molecule has 4 amide bonds. The number of likely N-dealkylation sites (tertiary alicyclic amines) is 2. The summed E-state index contributed by atoms with van der Waals surface area (Å²) in [5.41, 5.74) is 0.738. The van der Waals surface area contributed by atoms with E-state index >= 15 is 0 Å². The number of ketones is 1. The quantitative estimate of drug-likeness (QED) is 0.552. The molecule has 0 bridgehead atoms. The standard InChI is InChI=1S/C24H33N5O6/c1-16(22(32)26-14-21(31)28-12-6-9-19(28)17(2)30)27-23(33)20-8-3-4-11-29(20)24(34)35-15-18-7-5-10-25-13-18/h5,7,10,13,16,19-20H,3-4,6,8-9,11-12,14-15H2,1-2H3,(H,26,32)(H,27,33)/t16-,19-,20?/m0/s1. The molecule has 190 valence electrons. The molecular weight excluding hydrogens is 454 g/mol. The molecule has 2 aliphatic heterocycles. The molecule has 11 heteroatoms. The third-order valence-corrected chi connectivity index (χ3v) is 6.33. The molecule has 2 saturated heterocycles. The molecular formula is C24H33N5O6. The molecule has 3 rings (SSSR count). The lowest BCUT2D eigenvalue weighted by atomic mass is 10.0. The van der Waals surface area contributed by atoms with E-state index in [0.717, 1.165) is 24.8 Å². The smallest absolute Gasteiger partial charge is 0.410 e. The van der Waals surface area contributed by atoms with Crippen molar-refractivity contribution in [3.63, 3.8) is 0 Å². The Kier molecular flexibility index (Phi) is 9.16. The van der Waals surface area contributed by atoms with Crippen LogP contribution < -0.4 is 10.6 Å². The first-order valence-electron chi connectivity index (χ1n) is 12.0. The van der Waals surface area contributed by atoms with E-state index in [1.54, 1.807) is 24.5 Å². The highest BCUT2D eigenvalue weighted by molar-refractivity contribution is 5.94. The van der Waals surface area contributed by atoms with Crippen LogP contribution in [0.1, 0.15) is 51.5 Å². The molecule has 35 heavy (non-hydrogen) atoms. The summed E-state index contributed by atoms with van der Waals surface area (Å²) in [5.74, 6) is -1.37. The predicted molar refractivity (Wildman–Crippen MR) is 125 cm³/mol. The van der Waals surface area contributed by atoms with Crippen molar-refractivity contribution in [2.45, 2.75) is 70.7 Å². The summed E-state index contributed by atoms with van der Waals surface area (Å²) in [7, 11) is 0. The molecule has 11 nitrogen and oxygen atoms in total. The maximum Gasteiger partial charge on any atom is 0.410 e. The number of carbonyl (C=O) groups excluding carboxylic acids is 5. The molecule has 0 spiro atoms. The Morgan fingerprint density at radius 1 is 1.09 bits per heavy atom. The van der Waals surface area contributed by atoms with Gasteiger partial charge in [0.25, 0.3) is 0 Å². The highest BCUT2D eigenvalue weighted by atomic mass is 16.6. The number of hydrogen-bond acceptors (Lipinski definition) is 7. The summed E-state index contributed by atoms with van der Waals surface area (Å²) in [6.07, 6.45) is 5.99. The fourth-order valence-corrected chi connectivity index (χ4v) is 4.41. The summed E-state index contributed by atoms with van der Waals surface area (Å²) in [6, 6.07) is 1.44. The van der Waals surface area contributed by atoms with Crippen molar-refractivity contribution in [3.8, 4) is 0 Å². The average Bonchev–Trinajstić information content (AvgIpc) is 3.37. The second kappa shape index (κ2) is 12.3. The number of piperidine rings is 1. The van der Waals surface area contributed by atoms with Crippen molar-refractivity contribution in [1.82, 2.24) is 25.4 Å². The lowest BCUT2D eigenvalue weighted by molar-refractivity contribution is -0.138. The first-order chi connectivity index (χ1) is 16.8. The van der Waals surface area contributed by atoms with E-state index < -0.39 is 36.0 Å². The van der Waals surface area contributed by atoms with Gasteiger partial charge in [0.2, 0.25) is 17.7 Å². The Labute approximate surface area is 204 Å². The molecule has 2 aliphatic rings. The molecule has 0 radical (unpaired) electrons. The van der Waals surface area contributed by atoms with Crippen LogP contribution in [0, 0.1) is 0 Å². The Bertz CT molecular complexity index is 940. The van der Waals surface area contributed by atoms with Gasteiger partial charge in [0.15, 0.2) is 5.78 Å². The first kappa shape index (κ1) is 26.1. The van der Waals surface area contributed by atoms with Gasteiger partial charge in [0.05, 0.1) is 12.6 Å². The maximum atomic E-state index is 12.9. The van der Waals surface area contributed by atoms with E-state index in [9.17, 15) is 24.0 Å². The van der Waals surface area contributed by atoms with Crippen molar-refractivity contribution in [2.24, 2.45) is 0 Å². The molecule has 1 aromatic rings. The lowest BCUT2D eigenvalue weighted by Crippen LogP contribution is -2.56. The van der Waals surface area contributed by atoms with E-state index in [-0.39, 0.29) is 24.8 Å². The minimum absolute atomic E-state index is 0.0475. The van der Waals surface area contributed by atoms with Crippen LogP contribution in [-0.4, -0.2) is 82.1 Å². The largest absolute Gasteiger partial charge is 0.444 e. The number of aromatic nitrogens is 1. The molecule has 0 aromatic carbocycles. The number of Topliss-reactive ketones (excluding diaryl/α,β-unsaturated/α-hetero) is 1. The molecule has 1 aromatic heterocycles. The SMILES string of the molecule is CC(=O)[C@@H]1CCCN1C(=O)CNC(=O)[C@H](C)NC(=O)C1CCCCN1C(=O)OCc1cccnc1. The van der Waals surface area contributed by atoms with E-state index in [0.29, 0.717) is 25.9 Å². The summed E-state index contributed by atoms with van der Waals surface area (Å²) in [4.78, 5) is 69.0. The van der Waals surface area contributed by atoms with E-state index in [2.05, 4.69) is 15.6 Å². The Hall–Kier alpha value is -3.50. The normalized spacial score (nSPS) is 20.6. The molecule has 0 aliphatic carbocycles. The number of amides is 4. The first-order valence-corrected chi connectivity index (χ1v) is 12.0. The Morgan fingerprint density at radius 2 is 1.83 bits per heavy atom. The summed E-state index contributed by atoms with van der Waals surface area (Å²) in [6.45, 7) is 3.63. The van der Waals surface area contributed by atoms with E-state index in [1.165, 1.54) is 23.6 Å². The minimum Gasteiger partial charge on any atom is -0.444 e. The van der Waals surface area contributed by atoms with Crippen molar-refractivity contribution in [1.29, 1.82) is 0 Å². The number of pyridine rings is 1. The van der Waals surface area contributed by atoms with Gasteiger partial charge in [0.1, 0.15) is 18.7 Å². The van der Waals surface area contributed by atoms with Crippen molar-refractivity contribution in [2.75, 3.05) is 19.6 Å². The van der Waals surface area contributed by atoms with Gasteiger partial charge in [-0.05, 0) is 52.0 Å². The molecule has 0 saturated carbocycles. The average molecular weight is 488 g/mol. The number of nitrogens with one attached hydrogen (secondary N) is 2. The van der Waals surface area contributed by atoms with Crippen LogP contribution in [0.2, 0.25) is 0 Å². The highest BCUT2D eigenvalue weighted by Gasteiger charge is 2.35. The third-order valence-electron chi connectivity index (χ3n) is 6.33. The van der Waals surface area contributed by atoms with Gasteiger partial charge < -0.3 is 20.3 Å². The van der Waals surface area contributed by atoms with E-state index in [4.69, 9.17) is 4.74 Å². The van der Waals surface area contributed by atoms with Crippen LogP contribution in [0.4, 0.5) is 4.79 Å². The van der Waals surface area contributed by atoms with Gasteiger partial charge in [-0.1, -0.05) is 6.07 Å². The molecule has 2 fully saturated rings.